The molecule has 0 spiro atoms. The van der Waals surface area contributed by atoms with Gasteiger partial charge in [-0.3, -0.25) is 14.9 Å². The number of hydrogen-bond donors (Lipinski definition) is 0. The second-order valence-electron chi connectivity index (χ2n) is 6.16. The number of ketones is 1. The molecule has 0 radical (unpaired) electrons. The van der Waals surface area contributed by atoms with Gasteiger partial charge in [0.25, 0.3) is 5.69 Å². The van der Waals surface area contributed by atoms with Crippen LogP contribution < -0.4 is 9.47 Å². The number of para-hydroxylation sites is 1. The van der Waals surface area contributed by atoms with Gasteiger partial charge in [0.05, 0.1) is 17.6 Å². The van der Waals surface area contributed by atoms with Crippen LogP contribution in [-0.2, 0) is 0 Å². The monoisotopic (exact) mass is 403 g/mol. The molecule has 0 atom stereocenters. The first kappa shape index (κ1) is 20.5. The van der Waals surface area contributed by atoms with E-state index >= 15 is 0 Å². The normalized spacial score (nSPS) is 10.6. The fraction of sp³-hybridized carbons (Fsp3) is 0.0435. The van der Waals surface area contributed by atoms with E-state index in [4.69, 9.17) is 9.47 Å². The number of nitro groups is 1. The number of benzene rings is 3. The molecule has 7 heteroatoms. The standard InChI is InChI=1S/C23H17NO6/c1-29-22-8-3-2-5-17(22)11-14-21(25)16-9-12-20(13-10-16)30-23(26)18-6-4-7-19(15-18)24(27)28/h2-15H,1H3. The number of ether oxygens (including phenoxy) is 2. The minimum Gasteiger partial charge on any atom is -0.496 e. The van der Waals surface area contributed by atoms with Crippen LogP contribution in [0, 0.1) is 10.1 Å². The van der Waals surface area contributed by atoms with Crippen molar-refractivity contribution in [1.82, 2.24) is 0 Å². The summed E-state index contributed by atoms with van der Waals surface area (Å²) in [5, 5.41) is 10.8. The van der Waals surface area contributed by atoms with Gasteiger partial charge in [0.2, 0.25) is 0 Å². The van der Waals surface area contributed by atoms with E-state index in [1.807, 2.05) is 18.2 Å². The van der Waals surface area contributed by atoms with Crippen molar-refractivity contribution in [2.45, 2.75) is 0 Å². The van der Waals surface area contributed by atoms with Gasteiger partial charge in [-0.15, -0.1) is 0 Å². The van der Waals surface area contributed by atoms with Crippen molar-refractivity contribution in [3.63, 3.8) is 0 Å². The Morgan fingerprint density at radius 1 is 0.933 bits per heavy atom. The number of carbonyl (C=O) groups excluding carboxylic acids is 2. The van der Waals surface area contributed by atoms with Crippen LogP contribution in [-0.4, -0.2) is 23.8 Å². The predicted octanol–water partition coefficient (Wildman–Crippen LogP) is 4.72. The first-order chi connectivity index (χ1) is 14.5. The van der Waals surface area contributed by atoms with E-state index in [9.17, 15) is 19.7 Å². The lowest BCUT2D eigenvalue weighted by molar-refractivity contribution is -0.384. The molecule has 0 amide bonds. The molecular weight excluding hydrogens is 386 g/mol. The molecule has 30 heavy (non-hydrogen) atoms. The topological polar surface area (TPSA) is 95.7 Å². The molecule has 0 aliphatic heterocycles. The molecule has 7 nitrogen and oxygen atoms in total. The lowest BCUT2D eigenvalue weighted by Crippen LogP contribution is -2.09. The van der Waals surface area contributed by atoms with Crippen LogP contribution in [0.3, 0.4) is 0 Å². The van der Waals surface area contributed by atoms with Crippen LogP contribution in [0.2, 0.25) is 0 Å². The third-order valence-corrected chi connectivity index (χ3v) is 4.20. The average Bonchev–Trinajstić information content (AvgIpc) is 2.78. The molecule has 3 aromatic carbocycles. The van der Waals surface area contributed by atoms with E-state index < -0.39 is 10.9 Å². The number of esters is 1. The van der Waals surface area contributed by atoms with Crippen LogP contribution in [0.1, 0.15) is 26.3 Å². The highest BCUT2D eigenvalue weighted by Gasteiger charge is 2.14. The molecule has 0 saturated carbocycles. The molecule has 0 N–H and O–H groups in total. The summed E-state index contributed by atoms with van der Waals surface area (Å²) in [4.78, 5) is 34.8. The first-order valence-corrected chi connectivity index (χ1v) is 8.90. The van der Waals surface area contributed by atoms with E-state index in [0.717, 1.165) is 11.6 Å². The molecule has 0 fully saturated rings. The molecule has 0 unspecified atom stereocenters. The van der Waals surface area contributed by atoms with Crippen molar-refractivity contribution in [3.8, 4) is 11.5 Å². The zero-order valence-corrected chi connectivity index (χ0v) is 16.0. The van der Waals surface area contributed by atoms with Gasteiger partial charge < -0.3 is 9.47 Å². The summed E-state index contributed by atoms with van der Waals surface area (Å²) in [6, 6.07) is 18.6. The minimum atomic E-state index is -0.728. The van der Waals surface area contributed by atoms with E-state index in [1.165, 1.54) is 48.5 Å². The smallest absolute Gasteiger partial charge is 0.343 e. The number of nitro benzene ring substituents is 1. The van der Waals surface area contributed by atoms with Gasteiger partial charge in [0.15, 0.2) is 5.78 Å². The third kappa shape index (κ3) is 4.96. The molecule has 0 aliphatic rings. The Kier molecular flexibility index (Phi) is 6.34. The highest BCUT2D eigenvalue weighted by Crippen LogP contribution is 2.20. The van der Waals surface area contributed by atoms with Crippen LogP contribution in [0.5, 0.6) is 11.5 Å². The number of hydrogen-bond acceptors (Lipinski definition) is 6. The summed E-state index contributed by atoms with van der Waals surface area (Å²) in [5.41, 5.74) is 1.04. The van der Waals surface area contributed by atoms with Crippen LogP contribution in [0.4, 0.5) is 5.69 Å². The highest BCUT2D eigenvalue weighted by atomic mass is 16.6. The number of nitrogens with zero attached hydrogens (tertiary/aromatic N) is 1. The first-order valence-electron chi connectivity index (χ1n) is 8.90. The van der Waals surface area contributed by atoms with Gasteiger partial charge in [-0.05, 0) is 48.6 Å². The minimum absolute atomic E-state index is 0.0593. The summed E-state index contributed by atoms with van der Waals surface area (Å²) in [7, 11) is 1.56. The van der Waals surface area contributed by atoms with Gasteiger partial charge in [-0.2, -0.15) is 0 Å². The third-order valence-electron chi connectivity index (χ3n) is 4.20. The van der Waals surface area contributed by atoms with Crippen molar-refractivity contribution in [3.05, 3.63) is 106 Å². The lowest BCUT2D eigenvalue weighted by atomic mass is 10.1. The maximum absolute atomic E-state index is 12.4. The Bertz CT molecular complexity index is 1120. The number of allylic oxidation sites excluding steroid dienone is 1. The second-order valence-corrected chi connectivity index (χ2v) is 6.16. The van der Waals surface area contributed by atoms with Crippen LogP contribution >= 0.6 is 0 Å². The van der Waals surface area contributed by atoms with Crippen molar-refractivity contribution in [2.24, 2.45) is 0 Å². The Morgan fingerprint density at radius 2 is 1.67 bits per heavy atom. The zero-order chi connectivity index (χ0) is 21.5. The van der Waals surface area contributed by atoms with Crippen LogP contribution in [0.15, 0.2) is 78.9 Å². The summed E-state index contributed by atoms with van der Waals surface area (Å²) in [6.45, 7) is 0. The molecule has 3 aromatic rings. The quantitative estimate of drug-likeness (QED) is 0.141. The van der Waals surface area contributed by atoms with Gasteiger partial charge in [-0.1, -0.05) is 24.3 Å². The molecule has 3 rings (SSSR count). The number of rotatable bonds is 7. The van der Waals surface area contributed by atoms with Gasteiger partial charge >= 0.3 is 5.97 Å². The second kappa shape index (κ2) is 9.29. The Balaban J connectivity index is 1.68. The maximum atomic E-state index is 12.4. The van der Waals surface area contributed by atoms with Gasteiger partial charge in [-0.25, -0.2) is 4.79 Å². The zero-order valence-electron chi connectivity index (χ0n) is 16.0. The summed E-state index contributed by atoms with van der Waals surface area (Å²) < 4.78 is 10.5. The van der Waals surface area contributed by atoms with Crippen molar-refractivity contribution in [2.75, 3.05) is 7.11 Å². The Labute approximate surface area is 172 Å². The van der Waals surface area contributed by atoms with Gasteiger partial charge in [0.1, 0.15) is 11.5 Å². The van der Waals surface area contributed by atoms with E-state index in [0.29, 0.717) is 11.3 Å². The molecule has 0 aliphatic carbocycles. The molecular formula is C23H17NO6. The molecule has 0 saturated heterocycles. The summed E-state index contributed by atoms with van der Waals surface area (Å²) in [5.74, 6) is -0.0759. The fourth-order valence-electron chi connectivity index (χ4n) is 2.67. The predicted molar refractivity (Wildman–Crippen MR) is 111 cm³/mol. The largest absolute Gasteiger partial charge is 0.496 e. The van der Waals surface area contributed by atoms with Crippen molar-refractivity contribution >= 4 is 23.5 Å². The van der Waals surface area contributed by atoms with Gasteiger partial charge in [0, 0.05) is 23.3 Å². The Morgan fingerprint density at radius 3 is 2.37 bits per heavy atom. The van der Waals surface area contributed by atoms with Crippen molar-refractivity contribution < 1.29 is 24.0 Å². The highest BCUT2D eigenvalue weighted by molar-refractivity contribution is 6.07. The number of carbonyl (C=O) groups is 2. The summed E-state index contributed by atoms with van der Waals surface area (Å²) in [6.07, 6.45) is 3.10. The molecule has 0 bridgehead atoms. The van der Waals surface area contributed by atoms with Crippen molar-refractivity contribution in [1.29, 1.82) is 0 Å². The molecule has 150 valence electrons. The number of methoxy groups -OCH3 is 1. The SMILES string of the molecule is COc1ccccc1C=CC(=O)c1ccc(OC(=O)c2cccc([N+](=O)[O-])c2)cc1. The Hall–Kier alpha value is -4.26. The number of non-ortho nitro benzene ring substituents is 1. The summed E-state index contributed by atoms with van der Waals surface area (Å²) >= 11 is 0. The van der Waals surface area contributed by atoms with Crippen LogP contribution in [0.25, 0.3) is 6.08 Å². The van der Waals surface area contributed by atoms with E-state index in [-0.39, 0.29) is 22.8 Å². The maximum Gasteiger partial charge on any atom is 0.343 e. The van der Waals surface area contributed by atoms with E-state index in [1.54, 1.807) is 19.3 Å². The fourth-order valence-corrected chi connectivity index (χ4v) is 2.67. The van der Waals surface area contributed by atoms with E-state index in [2.05, 4.69) is 0 Å². The molecule has 0 aromatic heterocycles. The lowest BCUT2D eigenvalue weighted by Gasteiger charge is -2.05. The molecule has 0 heterocycles. The average molecular weight is 403 g/mol.